The van der Waals surface area contributed by atoms with Crippen molar-refractivity contribution < 1.29 is 4.74 Å². The van der Waals surface area contributed by atoms with E-state index >= 15 is 0 Å². The van der Waals surface area contributed by atoms with Crippen LogP contribution in [0, 0.1) is 0 Å². The summed E-state index contributed by atoms with van der Waals surface area (Å²) in [7, 11) is 1.94. The van der Waals surface area contributed by atoms with Gasteiger partial charge in [-0.2, -0.15) is 5.10 Å². The van der Waals surface area contributed by atoms with Gasteiger partial charge in [0.2, 0.25) is 0 Å². The van der Waals surface area contributed by atoms with E-state index in [9.17, 15) is 0 Å². The predicted molar refractivity (Wildman–Crippen MR) is 95.9 cm³/mol. The van der Waals surface area contributed by atoms with Crippen LogP contribution in [0.1, 0.15) is 29.7 Å². The Morgan fingerprint density at radius 3 is 2.38 bits per heavy atom. The molecule has 24 heavy (non-hydrogen) atoms. The Morgan fingerprint density at radius 2 is 1.75 bits per heavy atom. The van der Waals surface area contributed by atoms with Crippen LogP contribution in [0.25, 0.3) is 0 Å². The molecule has 0 aliphatic carbocycles. The van der Waals surface area contributed by atoms with Crippen molar-refractivity contribution in [2.24, 2.45) is 7.05 Å². The van der Waals surface area contributed by atoms with Crippen molar-refractivity contribution in [3.05, 3.63) is 83.7 Å². The number of nitrogens with one attached hydrogen (secondary N) is 1. The maximum atomic E-state index is 5.55. The summed E-state index contributed by atoms with van der Waals surface area (Å²) in [4.78, 5) is 0. The molecule has 1 heterocycles. The zero-order valence-corrected chi connectivity index (χ0v) is 14.1. The van der Waals surface area contributed by atoms with Gasteiger partial charge in [0.15, 0.2) is 0 Å². The van der Waals surface area contributed by atoms with Crippen LogP contribution < -0.4 is 10.1 Å². The topological polar surface area (TPSA) is 39.1 Å². The van der Waals surface area contributed by atoms with Gasteiger partial charge >= 0.3 is 0 Å². The van der Waals surface area contributed by atoms with Crippen molar-refractivity contribution in [3.8, 4) is 5.75 Å². The van der Waals surface area contributed by atoms with E-state index in [0.717, 1.165) is 12.3 Å². The van der Waals surface area contributed by atoms with E-state index in [1.807, 2.05) is 49.2 Å². The Balaban J connectivity index is 1.81. The van der Waals surface area contributed by atoms with Gasteiger partial charge in [-0.3, -0.25) is 4.68 Å². The van der Waals surface area contributed by atoms with Gasteiger partial charge in [0.25, 0.3) is 0 Å². The van der Waals surface area contributed by atoms with Crippen molar-refractivity contribution in [1.29, 1.82) is 0 Å². The molecule has 1 aromatic heterocycles. The minimum absolute atomic E-state index is 0.127. The molecule has 0 aliphatic rings. The fourth-order valence-electron chi connectivity index (χ4n) is 2.78. The van der Waals surface area contributed by atoms with Crippen LogP contribution in [-0.2, 0) is 13.6 Å². The fraction of sp³-hybridized carbons (Fsp3) is 0.250. The second-order valence-electron chi connectivity index (χ2n) is 5.75. The highest BCUT2D eigenvalue weighted by Crippen LogP contribution is 2.24. The quantitative estimate of drug-likeness (QED) is 0.721. The Bertz CT molecular complexity index is 750. The summed E-state index contributed by atoms with van der Waals surface area (Å²) >= 11 is 0. The molecule has 0 amide bonds. The largest absolute Gasteiger partial charge is 0.494 e. The number of aryl methyl sites for hydroxylation is 1. The summed E-state index contributed by atoms with van der Waals surface area (Å²) in [6.07, 6.45) is 3.93. The zero-order valence-electron chi connectivity index (χ0n) is 14.1. The smallest absolute Gasteiger partial charge is 0.119 e. The highest BCUT2D eigenvalue weighted by atomic mass is 16.5. The maximum Gasteiger partial charge on any atom is 0.119 e. The molecule has 2 aromatic carbocycles. The summed E-state index contributed by atoms with van der Waals surface area (Å²) in [6, 6.07) is 18.9. The molecule has 0 saturated heterocycles. The van der Waals surface area contributed by atoms with Gasteiger partial charge in [-0.25, -0.2) is 0 Å². The van der Waals surface area contributed by atoms with E-state index < -0.39 is 0 Å². The second-order valence-corrected chi connectivity index (χ2v) is 5.75. The first-order valence-electron chi connectivity index (χ1n) is 8.25. The van der Waals surface area contributed by atoms with Crippen LogP contribution in [0.4, 0.5) is 0 Å². The van der Waals surface area contributed by atoms with Crippen LogP contribution in [-0.4, -0.2) is 16.4 Å². The monoisotopic (exact) mass is 321 g/mol. The molecule has 4 heteroatoms. The second kappa shape index (κ2) is 7.79. The lowest BCUT2D eigenvalue weighted by atomic mass is 9.98. The predicted octanol–water partition coefficient (Wildman–Crippen LogP) is 3.70. The fourth-order valence-corrected chi connectivity index (χ4v) is 2.78. The van der Waals surface area contributed by atoms with Crippen molar-refractivity contribution >= 4 is 0 Å². The van der Waals surface area contributed by atoms with Crippen LogP contribution >= 0.6 is 0 Å². The Hall–Kier alpha value is -2.59. The molecule has 1 atom stereocenters. The van der Waals surface area contributed by atoms with Gasteiger partial charge in [0, 0.05) is 25.4 Å². The van der Waals surface area contributed by atoms with Crippen molar-refractivity contribution in [2.45, 2.75) is 19.5 Å². The molecule has 0 fully saturated rings. The van der Waals surface area contributed by atoms with Crippen molar-refractivity contribution in [1.82, 2.24) is 15.1 Å². The number of nitrogens with zero attached hydrogens (tertiary/aromatic N) is 2. The van der Waals surface area contributed by atoms with Gasteiger partial charge < -0.3 is 10.1 Å². The Kier molecular flexibility index (Phi) is 5.29. The highest BCUT2D eigenvalue weighted by molar-refractivity contribution is 5.35. The average molecular weight is 321 g/mol. The van der Waals surface area contributed by atoms with E-state index in [2.05, 4.69) is 46.8 Å². The van der Waals surface area contributed by atoms with E-state index in [-0.39, 0.29) is 6.04 Å². The van der Waals surface area contributed by atoms with Crippen LogP contribution in [0.15, 0.2) is 67.0 Å². The van der Waals surface area contributed by atoms with E-state index in [1.54, 1.807) is 0 Å². The van der Waals surface area contributed by atoms with Crippen LogP contribution in [0.5, 0.6) is 5.75 Å². The average Bonchev–Trinajstić information content (AvgIpc) is 3.03. The lowest BCUT2D eigenvalue weighted by molar-refractivity contribution is 0.340. The molecule has 0 radical (unpaired) electrons. The Morgan fingerprint density at radius 1 is 1.04 bits per heavy atom. The summed E-state index contributed by atoms with van der Waals surface area (Å²) in [5.74, 6) is 0.903. The molecule has 124 valence electrons. The van der Waals surface area contributed by atoms with Crippen molar-refractivity contribution in [2.75, 3.05) is 6.61 Å². The highest BCUT2D eigenvalue weighted by Gasteiger charge is 2.14. The molecule has 0 bridgehead atoms. The third kappa shape index (κ3) is 4.03. The minimum Gasteiger partial charge on any atom is -0.494 e. The van der Waals surface area contributed by atoms with Gasteiger partial charge in [0.05, 0.1) is 18.8 Å². The van der Waals surface area contributed by atoms with E-state index in [0.29, 0.717) is 6.61 Å². The number of rotatable bonds is 7. The molecular weight excluding hydrogens is 298 g/mol. The normalized spacial score (nSPS) is 12.1. The molecule has 0 spiro atoms. The molecule has 0 saturated carbocycles. The molecule has 3 aromatic rings. The number of aromatic nitrogens is 2. The first kappa shape index (κ1) is 16.3. The number of hydrogen-bond donors (Lipinski definition) is 1. The first-order valence-corrected chi connectivity index (χ1v) is 8.25. The summed E-state index contributed by atoms with van der Waals surface area (Å²) in [5, 5.41) is 7.87. The maximum absolute atomic E-state index is 5.55. The molecule has 0 aliphatic heterocycles. The molecule has 1 N–H and O–H groups in total. The minimum atomic E-state index is 0.127. The van der Waals surface area contributed by atoms with Gasteiger partial charge in [0.1, 0.15) is 5.75 Å². The summed E-state index contributed by atoms with van der Waals surface area (Å²) in [5.41, 5.74) is 3.63. The van der Waals surface area contributed by atoms with E-state index in [4.69, 9.17) is 4.74 Å². The molecular formula is C20H23N3O. The molecule has 4 nitrogen and oxygen atoms in total. The number of ether oxygens (including phenoxy) is 1. The number of hydrogen-bond acceptors (Lipinski definition) is 3. The van der Waals surface area contributed by atoms with Gasteiger partial charge in [-0.05, 0) is 30.2 Å². The number of benzene rings is 2. The lowest BCUT2D eigenvalue weighted by Gasteiger charge is -2.20. The third-order valence-corrected chi connectivity index (χ3v) is 3.93. The SMILES string of the molecule is CCOc1ccc(C(NCc2cnn(C)c2)c2ccccc2)cc1. The Labute approximate surface area is 143 Å². The standard InChI is InChI=1S/C20H23N3O/c1-3-24-19-11-9-18(10-12-19)20(17-7-5-4-6-8-17)21-13-16-14-22-23(2)15-16/h4-12,14-15,20-21H,3,13H2,1-2H3. The van der Waals surface area contributed by atoms with Crippen LogP contribution in [0.3, 0.4) is 0 Å². The molecule has 1 unspecified atom stereocenters. The van der Waals surface area contributed by atoms with Gasteiger partial charge in [-0.1, -0.05) is 42.5 Å². The molecule has 3 rings (SSSR count). The lowest BCUT2D eigenvalue weighted by Crippen LogP contribution is -2.21. The van der Waals surface area contributed by atoms with Crippen LogP contribution in [0.2, 0.25) is 0 Å². The van der Waals surface area contributed by atoms with E-state index in [1.165, 1.54) is 16.7 Å². The first-order chi connectivity index (χ1) is 11.8. The summed E-state index contributed by atoms with van der Waals surface area (Å²) in [6.45, 7) is 3.44. The van der Waals surface area contributed by atoms with Gasteiger partial charge in [-0.15, -0.1) is 0 Å². The zero-order chi connectivity index (χ0) is 16.8. The summed E-state index contributed by atoms with van der Waals surface area (Å²) < 4.78 is 7.37. The van der Waals surface area contributed by atoms with Crippen molar-refractivity contribution in [3.63, 3.8) is 0 Å². The third-order valence-electron chi connectivity index (χ3n) is 3.93.